The standard InChI is InChI=1S/C16H18O7/c1-20-12-6-3-4-7-13(12)23-16(19)8-5-11-22-15(18)10-9-14(17)21-2/h3-4,6-7,9-10H,5,8,11H2,1-2H3. The van der Waals surface area contributed by atoms with Crippen molar-refractivity contribution in [3.63, 3.8) is 0 Å². The molecule has 124 valence electrons. The first kappa shape index (κ1) is 18.2. The highest BCUT2D eigenvalue weighted by Gasteiger charge is 2.09. The van der Waals surface area contributed by atoms with E-state index in [1.807, 2.05) is 0 Å². The molecule has 7 nitrogen and oxygen atoms in total. The molecule has 0 unspecified atom stereocenters. The number of carbonyl (C=O) groups excluding carboxylic acids is 3. The molecule has 0 fully saturated rings. The first-order chi connectivity index (χ1) is 11.1. The topological polar surface area (TPSA) is 88.1 Å². The molecule has 1 rings (SSSR count). The summed E-state index contributed by atoms with van der Waals surface area (Å²) < 4.78 is 19.4. The van der Waals surface area contributed by atoms with Crippen LogP contribution in [0.1, 0.15) is 12.8 Å². The molecule has 0 saturated carbocycles. The Labute approximate surface area is 133 Å². The van der Waals surface area contributed by atoms with E-state index in [1.165, 1.54) is 14.2 Å². The molecule has 0 aliphatic heterocycles. The molecule has 0 aliphatic carbocycles. The third-order valence-electron chi connectivity index (χ3n) is 2.62. The van der Waals surface area contributed by atoms with Crippen molar-refractivity contribution in [2.75, 3.05) is 20.8 Å². The first-order valence-corrected chi connectivity index (χ1v) is 6.83. The van der Waals surface area contributed by atoms with Gasteiger partial charge in [-0.05, 0) is 18.6 Å². The van der Waals surface area contributed by atoms with Crippen molar-refractivity contribution in [2.45, 2.75) is 12.8 Å². The molecule has 0 radical (unpaired) electrons. The molecule has 23 heavy (non-hydrogen) atoms. The zero-order valence-electron chi connectivity index (χ0n) is 12.9. The van der Waals surface area contributed by atoms with Crippen LogP contribution in [0.5, 0.6) is 11.5 Å². The van der Waals surface area contributed by atoms with Gasteiger partial charge in [0, 0.05) is 18.6 Å². The van der Waals surface area contributed by atoms with Crippen molar-refractivity contribution in [1.29, 1.82) is 0 Å². The van der Waals surface area contributed by atoms with Gasteiger partial charge in [-0.15, -0.1) is 0 Å². The van der Waals surface area contributed by atoms with Crippen molar-refractivity contribution in [3.05, 3.63) is 36.4 Å². The van der Waals surface area contributed by atoms with Crippen LogP contribution < -0.4 is 9.47 Å². The predicted molar refractivity (Wildman–Crippen MR) is 80.0 cm³/mol. The Bertz CT molecular complexity index is 578. The summed E-state index contributed by atoms with van der Waals surface area (Å²) in [6, 6.07) is 6.78. The molecule has 0 amide bonds. The van der Waals surface area contributed by atoms with Gasteiger partial charge in [0.05, 0.1) is 20.8 Å². The number of esters is 3. The minimum atomic E-state index is -0.687. The van der Waals surface area contributed by atoms with Gasteiger partial charge in [-0.1, -0.05) is 12.1 Å². The molecule has 1 aromatic rings. The van der Waals surface area contributed by atoms with Gasteiger partial charge in [0.15, 0.2) is 11.5 Å². The van der Waals surface area contributed by atoms with Crippen LogP contribution in [0.25, 0.3) is 0 Å². The lowest BCUT2D eigenvalue weighted by atomic mass is 10.3. The lowest BCUT2D eigenvalue weighted by Gasteiger charge is -2.08. The van der Waals surface area contributed by atoms with E-state index < -0.39 is 17.9 Å². The van der Waals surface area contributed by atoms with Crippen LogP contribution in [0, 0.1) is 0 Å². The number of methoxy groups -OCH3 is 2. The number of ether oxygens (including phenoxy) is 4. The average molecular weight is 322 g/mol. The van der Waals surface area contributed by atoms with Gasteiger partial charge in [-0.2, -0.15) is 0 Å². The predicted octanol–water partition coefficient (Wildman–Crippen LogP) is 1.65. The van der Waals surface area contributed by atoms with E-state index in [0.717, 1.165) is 12.2 Å². The van der Waals surface area contributed by atoms with Crippen molar-refractivity contribution < 1.29 is 33.3 Å². The maximum Gasteiger partial charge on any atom is 0.331 e. The number of hydrogen-bond donors (Lipinski definition) is 0. The summed E-state index contributed by atoms with van der Waals surface area (Å²) >= 11 is 0. The number of para-hydroxylation sites is 2. The molecule has 0 saturated heterocycles. The van der Waals surface area contributed by atoms with Crippen LogP contribution in [0.4, 0.5) is 0 Å². The SMILES string of the molecule is COC(=O)C=CC(=O)OCCCC(=O)Oc1ccccc1OC. The van der Waals surface area contributed by atoms with Crippen molar-refractivity contribution in [1.82, 2.24) is 0 Å². The largest absolute Gasteiger partial charge is 0.493 e. The second-order valence-electron chi connectivity index (χ2n) is 4.25. The Hall–Kier alpha value is -2.83. The lowest BCUT2D eigenvalue weighted by molar-refractivity contribution is -0.140. The first-order valence-electron chi connectivity index (χ1n) is 6.83. The van der Waals surface area contributed by atoms with Crippen LogP contribution >= 0.6 is 0 Å². The number of rotatable bonds is 8. The van der Waals surface area contributed by atoms with Gasteiger partial charge < -0.3 is 18.9 Å². The minimum absolute atomic E-state index is 0.0331. The van der Waals surface area contributed by atoms with Gasteiger partial charge in [-0.3, -0.25) is 4.79 Å². The smallest absolute Gasteiger partial charge is 0.331 e. The molecule has 0 N–H and O–H groups in total. The zero-order valence-corrected chi connectivity index (χ0v) is 12.9. The summed E-state index contributed by atoms with van der Waals surface area (Å²) in [4.78, 5) is 33.7. The van der Waals surface area contributed by atoms with E-state index in [0.29, 0.717) is 17.9 Å². The molecular weight excluding hydrogens is 304 g/mol. The fourth-order valence-electron chi connectivity index (χ4n) is 1.52. The molecular formula is C16H18O7. The van der Waals surface area contributed by atoms with Crippen molar-refractivity contribution >= 4 is 17.9 Å². The van der Waals surface area contributed by atoms with E-state index in [-0.39, 0.29) is 13.0 Å². The highest BCUT2D eigenvalue weighted by atomic mass is 16.6. The molecule has 0 aromatic heterocycles. The molecule has 7 heteroatoms. The Kier molecular flexibility index (Phi) is 7.91. The third-order valence-corrected chi connectivity index (χ3v) is 2.62. The van der Waals surface area contributed by atoms with Crippen molar-refractivity contribution in [3.8, 4) is 11.5 Å². The van der Waals surface area contributed by atoms with Crippen molar-refractivity contribution in [2.24, 2.45) is 0 Å². The second-order valence-corrected chi connectivity index (χ2v) is 4.25. The van der Waals surface area contributed by atoms with Crippen LogP contribution in [-0.2, 0) is 23.9 Å². The fourth-order valence-corrected chi connectivity index (χ4v) is 1.52. The third kappa shape index (κ3) is 7.12. The second kappa shape index (κ2) is 9.99. The van der Waals surface area contributed by atoms with Gasteiger partial charge in [-0.25, -0.2) is 9.59 Å². The van der Waals surface area contributed by atoms with Gasteiger partial charge >= 0.3 is 17.9 Å². The highest BCUT2D eigenvalue weighted by molar-refractivity contribution is 5.91. The Morgan fingerprint density at radius 3 is 2.30 bits per heavy atom. The fraction of sp³-hybridized carbons (Fsp3) is 0.312. The number of benzene rings is 1. The van der Waals surface area contributed by atoms with E-state index in [4.69, 9.17) is 14.2 Å². The minimum Gasteiger partial charge on any atom is -0.493 e. The lowest BCUT2D eigenvalue weighted by Crippen LogP contribution is -2.11. The molecule has 0 bridgehead atoms. The van der Waals surface area contributed by atoms with Crippen LogP contribution in [-0.4, -0.2) is 38.7 Å². The maximum atomic E-state index is 11.7. The summed E-state index contributed by atoms with van der Waals surface area (Å²) in [6.07, 6.45) is 2.29. The summed E-state index contributed by atoms with van der Waals surface area (Å²) in [5.74, 6) is -1.01. The van der Waals surface area contributed by atoms with Crippen LogP contribution in [0.15, 0.2) is 36.4 Å². The molecule has 0 aliphatic rings. The quantitative estimate of drug-likeness (QED) is 0.311. The average Bonchev–Trinajstić information content (AvgIpc) is 2.57. The summed E-state index contributed by atoms with van der Waals surface area (Å²) in [5.41, 5.74) is 0. The summed E-state index contributed by atoms with van der Waals surface area (Å²) in [5, 5.41) is 0. The zero-order chi connectivity index (χ0) is 17.1. The van der Waals surface area contributed by atoms with E-state index in [9.17, 15) is 14.4 Å². The van der Waals surface area contributed by atoms with Gasteiger partial charge in [0.1, 0.15) is 0 Å². The van der Waals surface area contributed by atoms with E-state index >= 15 is 0 Å². The Morgan fingerprint density at radius 2 is 1.65 bits per heavy atom. The van der Waals surface area contributed by atoms with E-state index in [1.54, 1.807) is 24.3 Å². The molecule has 0 heterocycles. The Balaban J connectivity index is 2.28. The van der Waals surface area contributed by atoms with Crippen LogP contribution in [0.3, 0.4) is 0 Å². The van der Waals surface area contributed by atoms with Crippen LogP contribution in [0.2, 0.25) is 0 Å². The monoisotopic (exact) mass is 322 g/mol. The molecule has 1 aromatic carbocycles. The van der Waals surface area contributed by atoms with Gasteiger partial charge in [0.25, 0.3) is 0 Å². The normalized spacial score (nSPS) is 10.2. The summed E-state index contributed by atoms with van der Waals surface area (Å²) in [7, 11) is 2.68. The maximum absolute atomic E-state index is 11.7. The number of carbonyl (C=O) groups is 3. The Morgan fingerprint density at radius 1 is 1.00 bits per heavy atom. The van der Waals surface area contributed by atoms with E-state index in [2.05, 4.69) is 4.74 Å². The highest BCUT2D eigenvalue weighted by Crippen LogP contribution is 2.26. The van der Waals surface area contributed by atoms with Gasteiger partial charge in [0.2, 0.25) is 0 Å². The summed E-state index contributed by atoms with van der Waals surface area (Å²) in [6.45, 7) is 0.0331. The molecule has 0 atom stereocenters. The molecule has 0 spiro atoms. The number of hydrogen-bond acceptors (Lipinski definition) is 7.